The Labute approximate surface area is 68.3 Å². The van der Waals surface area contributed by atoms with Crippen LogP contribution in [-0.4, -0.2) is 0 Å². The minimum absolute atomic E-state index is 0.858. The van der Waals surface area contributed by atoms with Gasteiger partial charge >= 0.3 is 0 Å². The summed E-state index contributed by atoms with van der Waals surface area (Å²) >= 11 is 0. The normalized spacial score (nSPS) is 16.9. The number of benzene rings is 1. The van der Waals surface area contributed by atoms with Crippen molar-refractivity contribution in [2.45, 2.75) is 25.7 Å². The molecular formula is C11H13. The average Bonchev–Trinajstić information content (AvgIpc) is 2.77. The van der Waals surface area contributed by atoms with E-state index in [4.69, 9.17) is 0 Å². The first kappa shape index (κ1) is 6.90. The van der Waals surface area contributed by atoms with E-state index in [1.807, 2.05) is 0 Å². The second-order valence-corrected chi connectivity index (χ2v) is 3.41. The molecule has 0 N–H and O–H groups in total. The Morgan fingerprint density at radius 2 is 2.09 bits per heavy atom. The van der Waals surface area contributed by atoms with Crippen LogP contribution in [0.15, 0.2) is 18.2 Å². The fraction of sp³-hybridized carbons (Fsp3) is 0.364. The quantitative estimate of drug-likeness (QED) is 0.569. The smallest absolute Gasteiger partial charge is 0.0159 e. The Hall–Kier alpha value is -0.780. The predicted octanol–water partition coefficient (Wildman–Crippen LogP) is 3.05. The molecule has 1 aliphatic carbocycles. The Balaban J connectivity index is 2.45. The first-order valence-electron chi connectivity index (χ1n) is 4.20. The Bertz CT molecular complexity index is 269. The maximum Gasteiger partial charge on any atom is -0.0159 e. The van der Waals surface area contributed by atoms with Gasteiger partial charge in [0.25, 0.3) is 0 Å². The van der Waals surface area contributed by atoms with Crippen LogP contribution in [0.25, 0.3) is 0 Å². The third-order valence-electron chi connectivity index (χ3n) is 2.51. The molecule has 1 aromatic carbocycles. The maximum atomic E-state index is 3.99. The molecule has 2 rings (SSSR count). The van der Waals surface area contributed by atoms with Gasteiger partial charge in [0.15, 0.2) is 0 Å². The van der Waals surface area contributed by atoms with Crippen LogP contribution >= 0.6 is 0 Å². The second-order valence-electron chi connectivity index (χ2n) is 3.41. The molecule has 1 saturated carbocycles. The van der Waals surface area contributed by atoms with Crippen molar-refractivity contribution in [3.8, 4) is 0 Å². The molecule has 0 heteroatoms. The lowest BCUT2D eigenvalue weighted by Gasteiger charge is -2.05. The Kier molecular flexibility index (Phi) is 1.49. The molecule has 1 fully saturated rings. The summed E-state index contributed by atoms with van der Waals surface area (Å²) < 4.78 is 0. The van der Waals surface area contributed by atoms with Gasteiger partial charge in [-0.3, -0.25) is 0 Å². The third-order valence-corrected chi connectivity index (χ3v) is 2.51. The molecule has 57 valence electrons. The van der Waals surface area contributed by atoms with E-state index in [9.17, 15) is 0 Å². The van der Waals surface area contributed by atoms with Crippen LogP contribution in [0.2, 0.25) is 0 Å². The lowest BCUT2D eigenvalue weighted by Crippen LogP contribution is -1.88. The largest absolute Gasteiger partial charge is 0.0617 e. The van der Waals surface area contributed by atoms with Crippen LogP contribution in [0.3, 0.4) is 0 Å². The molecule has 0 bridgehead atoms. The van der Waals surface area contributed by atoms with Crippen molar-refractivity contribution < 1.29 is 0 Å². The van der Waals surface area contributed by atoms with Gasteiger partial charge in [0.05, 0.1) is 0 Å². The van der Waals surface area contributed by atoms with Gasteiger partial charge in [-0.15, -0.1) is 0 Å². The van der Waals surface area contributed by atoms with E-state index in [1.165, 1.54) is 29.5 Å². The fourth-order valence-corrected chi connectivity index (χ4v) is 1.54. The highest BCUT2D eigenvalue weighted by Gasteiger charge is 2.24. The topological polar surface area (TPSA) is 0 Å². The van der Waals surface area contributed by atoms with Crippen LogP contribution in [0.5, 0.6) is 0 Å². The molecule has 0 spiro atoms. The minimum Gasteiger partial charge on any atom is -0.0617 e. The summed E-state index contributed by atoms with van der Waals surface area (Å²) in [4.78, 5) is 0. The van der Waals surface area contributed by atoms with E-state index in [0.29, 0.717) is 0 Å². The zero-order chi connectivity index (χ0) is 7.84. The zero-order valence-electron chi connectivity index (χ0n) is 6.93. The first-order valence-corrected chi connectivity index (χ1v) is 4.20. The van der Waals surface area contributed by atoms with Crippen molar-refractivity contribution in [1.29, 1.82) is 0 Å². The van der Waals surface area contributed by atoms with E-state index < -0.39 is 0 Å². The highest BCUT2D eigenvalue weighted by molar-refractivity contribution is 5.39. The summed E-state index contributed by atoms with van der Waals surface area (Å²) in [5, 5.41) is 0. The maximum absolute atomic E-state index is 3.99. The molecule has 0 aliphatic heterocycles. The highest BCUT2D eigenvalue weighted by Crippen LogP contribution is 2.41. The number of rotatable bonds is 1. The number of hydrogen-bond acceptors (Lipinski definition) is 0. The lowest BCUT2D eigenvalue weighted by molar-refractivity contribution is 1.09. The standard InChI is InChI=1S/C11H13/c1-8-4-3-5-11(9(8)2)10-6-7-10/h3-5,10H,1,6-7H2,2H3. The van der Waals surface area contributed by atoms with Crippen molar-refractivity contribution in [2.24, 2.45) is 0 Å². The van der Waals surface area contributed by atoms with Crippen molar-refractivity contribution in [3.63, 3.8) is 0 Å². The molecule has 0 heterocycles. The van der Waals surface area contributed by atoms with Crippen LogP contribution in [-0.2, 0) is 0 Å². The molecular weight excluding hydrogens is 132 g/mol. The van der Waals surface area contributed by atoms with Crippen LogP contribution in [0, 0.1) is 13.8 Å². The summed E-state index contributed by atoms with van der Waals surface area (Å²) in [5.74, 6) is 0.858. The fourth-order valence-electron chi connectivity index (χ4n) is 1.54. The van der Waals surface area contributed by atoms with Gasteiger partial charge in [0, 0.05) is 0 Å². The van der Waals surface area contributed by atoms with Gasteiger partial charge in [0.2, 0.25) is 0 Å². The Morgan fingerprint density at radius 1 is 1.36 bits per heavy atom. The molecule has 0 nitrogen and oxygen atoms in total. The van der Waals surface area contributed by atoms with E-state index in [-0.39, 0.29) is 0 Å². The molecule has 11 heavy (non-hydrogen) atoms. The predicted molar refractivity (Wildman–Crippen MR) is 47.6 cm³/mol. The van der Waals surface area contributed by atoms with E-state index in [2.05, 4.69) is 32.0 Å². The monoisotopic (exact) mass is 145 g/mol. The van der Waals surface area contributed by atoms with E-state index >= 15 is 0 Å². The van der Waals surface area contributed by atoms with Crippen LogP contribution < -0.4 is 0 Å². The molecule has 0 atom stereocenters. The first-order chi connectivity index (χ1) is 5.29. The molecule has 0 aromatic heterocycles. The molecule has 1 aliphatic rings. The van der Waals surface area contributed by atoms with Crippen LogP contribution in [0.1, 0.15) is 35.4 Å². The highest BCUT2D eigenvalue weighted by atomic mass is 14.3. The molecule has 1 aromatic rings. The van der Waals surface area contributed by atoms with Crippen molar-refractivity contribution in [3.05, 3.63) is 41.8 Å². The summed E-state index contributed by atoms with van der Waals surface area (Å²) in [6.07, 6.45) is 2.76. The summed E-state index contributed by atoms with van der Waals surface area (Å²) in [7, 11) is 0. The van der Waals surface area contributed by atoms with Crippen molar-refractivity contribution in [2.75, 3.05) is 0 Å². The SMILES string of the molecule is [CH2]c1cccc(C2CC2)c1C. The summed E-state index contributed by atoms with van der Waals surface area (Å²) in [6.45, 7) is 6.17. The van der Waals surface area contributed by atoms with E-state index in [0.717, 1.165) is 5.92 Å². The zero-order valence-corrected chi connectivity index (χ0v) is 6.93. The van der Waals surface area contributed by atoms with E-state index in [1.54, 1.807) is 0 Å². The lowest BCUT2D eigenvalue weighted by atomic mass is 10.0. The van der Waals surface area contributed by atoms with Gasteiger partial charge in [-0.05, 0) is 49.3 Å². The third kappa shape index (κ3) is 1.18. The molecule has 0 amide bonds. The van der Waals surface area contributed by atoms with Gasteiger partial charge < -0.3 is 0 Å². The van der Waals surface area contributed by atoms with Crippen molar-refractivity contribution in [1.82, 2.24) is 0 Å². The van der Waals surface area contributed by atoms with Gasteiger partial charge in [0.1, 0.15) is 0 Å². The Morgan fingerprint density at radius 3 is 2.73 bits per heavy atom. The van der Waals surface area contributed by atoms with Gasteiger partial charge in [-0.25, -0.2) is 0 Å². The summed E-state index contributed by atoms with van der Waals surface area (Å²) in [5.41, 5.74) is 4.11. The second kappa shape index (κ2) is 2.37. The minimum atomic E-state index is 0.858. The summed E-state index contributed by atoms with van der Waals surface area (Å²) in [6, 6.07) is 6.44. The molecule has 0 saturated heterocycles. The van der Waals surface area contributed by atoms with Gasteiger partial charge in [-0.1, -0.05) is 18.2 Å². The number of hydrogen-bond donors (Lipinski definition) is 0. The van der Waals surface area contributed by atoms with Crippen molar-refractivity contribution >= 4 is 0 Å². The molecule has 0 unspecified atom stereocenters. The average molecular weight is 145 g/mol. The van der Waals surface area contributed by atoms with Gasteiger partial charge in [-0.2, -0.15) is 0 Å². The van der Waals surface area contributed by atoms with Crippen LogP contribution in [0.4, 0.5) is 0 Å². The molecule has 1 radical (unpaired) electrons.